The number of carbonyl (C=O) groups excluding carboxylic acids is 1. The Hall–Kier alpha value is -3.94. The number of pyridine rings is 1. The first-order valence-corrected chi connectivity index (χ1v) is 9.14. The molecule has 0 aliphatic carbocycles. The van der Waals surface area contributed by atoms with Gasteiger partial charge in [0.15, 0.2) is 17.1 Å². The number of carbonyl (C=O) groups is 1. The van der Waals surface area contributed by atoms with Crippen molar-refractivity contribution in [3.05, 3.63) is 71.4 Å². The maximum absolute atomic E-state index is 12.8. The molecule has 3 heterocycles. The molecule has 1 amide bonds. The van der Waals surface area contributed by atoms with Crippen LogP contribution in [0.2, 0.25) is 0 Å². The van der Waals surface area contributed by atoms with Gasteiger partial charge in [0.2, 0.25) is 6.79 Å². The van der Waals surface area contributed by atoms with E-state index >= 15 is 0 Å². The first kappa shape index (κ1) is 17.2. The van der Waals surface area contributed by atoms with E-state index in [4.69, 9.17) is 9.47 Å². The predicted molar refractivity (Wildman–Crippen MR) is 105 cm³/mol. The molecular weight excluding hydrogens is 370 g/mol. The van der Waals surface area contributed by atoms with E-state index < -0.39 is 0 Å². The molecule has 144 valence electrons. The Kier molecular flexibility index (Phi) is 4.09. The van der Waals surface area contributed by atoms with Crippen LogP contribution < -0.4 is 14.8 Å². The molecule has 1 N–H and O–H groups in total. The molecule has 0 spiro atoms. The van der Waals surface area contributed by atoms with Gasteiger partial charge in [-0.2, -0.15) is 4.68 Å². The van der Waals surface area contributed by atoms with Crippen LogP contribution in [0.25, 0.3) is 16.9 Å². The normalized spacial score (nSPS) is 12.3. The van der Waals surface area contributed by atoms with Crippen molar-refractivity contribution < 1.29 is 14.3 Å². The van der Waals surface area contributed by atoms with E-state index in [1.165, 1.54) is 0 Å². The molecule has 2 aromatic heterocycles. The van der Waals surface area contributed by atoms with Crippen LogP contribution in [0.1, 0.15) is 21.5 Å². The van der Waals surface area contributed by atoms with Crippen molar-refractivity contribution in [3.63, 3.8) is 0 Å². The third-order valence-electron chi connectivity index (χ3n) is 4.88. The van der Waals surface area contributed by atoms with Crippen molar-refractivity contribution in [1.82, 2.24) is 25.3 Å². The summed E-state index contributed by atoms with van der Waals surface area (Å²) in [6.07, 6.45) is 1.69. The van der Waals surface area contributed by atoms with E-state index in [2.05, 4.69) is 20.6 Å². The van der Waals surface area contributed by atoms with Gasteiger partial charge in [-0.15, -0.1) is 5.10 Å². The number of aromatic nitrogens is 4. The molecule has 29 heavy (non-hydrogen) atoms. The third kappa shape index (κ3) is 3.04. The topological polar surface area (TPSA) is 91.2 Å². The highest BCUT2D eigenvalue weighted by Crippen LogP contribution is 2.32. The summed E-state index contributed by atoms with van der Waals surface area (Å²) in [5.41, 5.74) is 4.42. The molecule has 8 heteroatoms. The molecule has 1 aliphatic heterocycles. The number of hydrogen-bond acceptors (Lipinski definition) is 6. The van der Waals surface area contributed by atoms with Crippen LogP contribution in [0.5, 0.6) is 11.5 Å². The van der Waals surface area contributed by atoms with Crippen LogP contribution >= 0.6 is 0 Å². The van der Waals surface area contributed by atoms with Crippen LogP contribution in [0.3, 0.4) is 0 Å². The molecule has 0 fully saturated rings. The lowest BCUT2D eigenvalue weighted by Gasteiger charge is -2.12. The molecule has 0 saturated heterocycles. The minimum absolute atomic E-state index is 0.167. The molecule has 0 bridgehead atoms. The number of nitrogens with one attached hydrogen (secondary N) is 1. The number of benzene rings is 2. The van der Waals surface area contributed by atoms with Crippen LogP contribution in [0.4, 0.5) is 0 Å². The molecule has 0 saturated carbocycles. The van der Waals surface area contributed by atoms with E-state index in [0.29, 0.717) is 29.0 Å². The summed E-state index contributed by atoms with van der Waals surface area (Å²) in [4.78, 5) is 17.2. The van der Waals surface area contributed by atoms with Crippen molar-refractivity contribution >= 4 is 17.1 Å². The van der Waals surface area contributed by atoms with Crippen LogP contribution in [-0.4, -0.2) is 32.7 Å². The highest BCUT2D eigenvalue weighted by Gasteiger charge is 2.17. The second kappa shape index (κ2) is 6.90. The second-order valence-corrected chi connectivity index (χ2v) is 6.67. The summed E-state index contributed by atoms with van der Waals surface area (Å²) in [6.45, 7) is 2.50. The lowest BCUT2D eigenvalue weighted by Crippen LogP contribution is -2.24. The zero-order chi connectivity index (χ0) is 19.8. The minimum atomic E-state index is -0.167. The molecule has 0 atom stereocenters. The summed E-state index contributed by atoms with van der Waals surface area (Å²) in [6, 6.07) is 14.8. The fourth-order valence-corrected chi connectivity index (χ4v) is 3.35. The van der Waals surface area contributed by atoms with E-state index in [0.717, 1.165) is 22.6 Å². The van der Waals surface area contributed by atoms with Crippen LogP contribution in [0.15, 0.2) is 54.7 Å². The Morgan fingerprint density at radius 1 is 1.14 bits per heavy atom. The highest BCUT2D eigenvalue weighted by atomic mass is 16.7. The number of hydrogen-bond donors (Lipinski definition) is 1. The summed E-state index contributed by atoms with van der Waals surface area (Å²) in [5.74, 6) is 1.25. The lowest BCUT2D eigenvalue weighted by molar-refractivity contribution is 0.0950. The Labute approximate surface area is 166 Å². The smallest absolute Gasteiger partial charge is 0.251 e. The molecule has 8 nitrogen and oxygen atoms in total. The van der Waals surface area contributed by atoms with Gasteiger partial charge in [0, 0.05) is 18.3 Å². The second-order valence-electron chi connectivity index (χ2n) is 6.67. The SMILES string of the molecule is Cc1c(C(=O)NCc2ccc3c(c2)OCO3)cccc1-n1nnc2cccnc21. The molecule has 0 unspecified atom stereocenters. The van der Waals surface area contributed by atoms with Gasteiger partial charge in [0.1, 0.15) is 5.52 Å². The van der Waals surface area contributed by atoms with Crippen molar-refractivity contribution in [3.8, 4) is 17.2 Å². The van der Waals surface area contributed by atoms with Crippen molar-refractivity contribution in [1.29, 1.82) is 0 Å². The van der Waals surface area contributed by atoms with Gasteiger partial charge in [0.25, 0.3) is 5.91 Å². The summed E-state index contributed by atoms with van der Waals surface area (Å²) < 4.78 is 12.4. The van der Waals surface area contributed by atoms with Crippen molar-refractivity contribution in [2.24, 2.45) is 0 Å². The molecule has 1 aliphatic rings. The Bertz CT molecular complexity index is 1230. The maximum atomic E-state index is 12.8. The lowest BCUT2D eigenvalue weighted by atomic mass is 10.1. The van der Waals surface area contributed by atoms with E-state index in [1.807, 2.05) is 49.4 Å². The van der Waals surface area contributed by atoms with Crippen molar-refractivity contribution in [2.75, 3.05) is 6.79 Å². The maximum Gasteiger partial charge on any atom is 0.251 e. The van der Waals surface area contributed by atoms with Gasteiger partial charge >= 0.3 is 0 Å². The molecule has 5 rings (SSSR count). The van der Waals surface area contributed by atoms with E-state index in [9.17, 15) is 4.79 Å². The number of fused-ring (bicyclic) bond motifs is 2. The number of amides is 1. The fraction of sp³-hybridized carbons (Fsp3) is 0.143. The van der Waals surface area contributed by atoms with E-state index in [-0.39, 0.29) is 12.7 Å². The van der Waals surface area contributed by atoms with Crippen molar-refractivity contribution in [2.45, 2.75) is 13.5 Å². The molecule has 0 radical (unpaired) electrons. The van der Waals surface area contributed by atoms with Gasteiger partial charge in [-0.3, -0.25) is 4.79 Å². The molecule has 2 aromatic carbocycles. The minimum Gasteiger partial charge on any atom is -0.454 e. The van der Waals surface area contributed by atoms with Gasteiger partial charge < -0.3 is 14.8 Å². The molecule has 4 aromatic rings. The quantitative estimate of drug-likeness (QED) is 0.579. The average molecular weight is 387 g/mol. The Balaban J connectivity index is 1.40. The number of nitrogens with zero attached hydrogens (tertiary/aromatic N) is 4. The number of ether oxygens (including phenoxy) is 2. The fourth-order valence-electron chi connectivity index (χ4n) is 3.35. The monoisotopic (exact) mass is 387 g/mol. The average Bonchev–Trinajstić information content (AvgIpc) is 3.39. The predicted octanol–water partition coefficient (Wildman–Crippen LogP) is 2.78. The first-order valence-electron chi connectivity index (χ1n) is 9.14. The summed E-state index contributed by atoms with van der Waals surface area (Å²) in [5, 5.41) is 11.3. The largest absolute Gasteiger partial charge is 0.454 e. The standard InChI is InChI=1S/C21H17N5O3/c1-13-15(21(27)23-11-14-7-8-18-19(10-14)29-12-28-18)4-2-6-17(13)26-20-16(24-25-26)5-3-9-22-20/h2-10H,11-12H2,1H3,(H,23,27). The summed E-state index contributed by atoms with van der Waals surface area (Å²) >= 11 is 0. The number of rotatable bonds is 4. The summed E-state index contributed by atoms with van der Waals surface area (Å²) in [7, 11) is 0. The molecular formula is C21H17N5O3. The third-order valence-corrected chi connectivity index (χ3v) is 4.88. The Morgan fingerprint density at radius 3 is 2.97 bits per heavy atom. The van der Waals surface area contributed by atoms with Gasteiger partial charge in [-0.1, -0.05) is 17.3 Å². The van der Waals surface area contributed by atoms with Crippen LogP contribution in [-0.2, 0) is 6.54 Å². The zero-order valence-corrected chi connectivity index (χ0v) is 15.6. The van der Waals surface area contributed by atoms with E-state index in [1.54, 1.807) is 16.9 Å². The van der Waals surface area contributed by atoms with Gasteiger partial charge in [-0.25, -0.2) is 4.98 Å². The van der Waals surface area contributed by atoms with Gasteiger partial charge in [-0.05, 0) is 54.4 Å². The first-order chi connectivity index (χ1) is 14.2. The highest BCUT2D eigenvalue weighted by molar-refractivity contribution is 5.96. The Morgan fingerprint density at radius 2 is 2.03 bits per heavy atom. The van der Waals surface area contributed by atoms with Gasteiger partial charge in [0.05, 0.1) is 5.69 Å². The zero-order valence-electron chi connectivity index (χ0n) is 15.6. The van der Waals surface area contributed by atoms with Crippen LogP contribution in [0, 0.1) is 6.92 Å².